The monoisotopic (exact) mass is 297 g/mol. The highest BCUT2D eigenvalue weighted by Crippen LogP contribution is 2.26. The first-order valence-electron chi connectivity index (χ1n) is 6.22. The second kappa shape index (κ2) is 5.72. The SMILES string of the molecule is O=C(Nc1nnc(-c2ccccc2)s1)c1cccc(O)c1. The molecule has 1 heterocycles. The van der Waals surface area contributed by atoms with Crippen molar-refractivity contribution < 1.29 is 9.90 Å². The van der Waals surface area contributed by atoms with Crippen molar-refractivity contribution in [1.82, 2.24) is 10.2 Å². The number of aromatic hydroxyl groups is 1. The molecule has 1 amide bonds. The molecule has 0 aliphatic rings. The number of carbonyl (C=O) groups is 1. The minimum atomic E-state index is -0.332. The van der Waals surface area contributed by atoms with E-state index in [-0.39, 0.29) is 11.7 Å². The van der Waals surface area contributed by atoms with Gasteiger partial charge in [-0.05, 0) is 18.2 Å². The maximum absolute atomic E-state index is 12.0. The predicted octanol–water partition coefficient (Wildman–Crippen LogP) is 3.16. The Kier molecular flexibility index (Phi) is 3.61. The number of benzene rings is 2. The van der Waals surface area contributed by atoms with Gasteiger partial charge in [-0.15, -0.1) is 10.2 Å². The molecule has 0 saturated heterocycles. The molecule has 104 valence electrons. The predicted molar refractivity (Wildman–Crippen MR) is 81.4 cm³/mol. The first-order chi connectivity index (χ1) is 10.2. The average molecular weight is 297 g/mol. The van der Waals surface area contributed by atoms with Gasteiger partial charge >= 0.3 is 0 Å². The van der Waals surface area contributed by atoms with Gasteiger partial charge in [-0.3, -0.25) is 10.1 Å². The van der Waals surface area contributed by atoms with Gasteiger partial charge in [-0.1, -0.05) is 47.7 Å². The van der Waals surface area contributed by atoms with Crippen LogP contribution in [0.2, 0.25) is 0 Å². The van der Waals surface area contributed by atoms with Crippen molar-refractivity contribution in [3.05, 3.63) is 60.2 Å². The minimum absolute atomic E-state index is 0.0462. The summed E-state index contributed by atoms with van der Waals surface area (Å²) in [4.78, 5) is 12.0. The van der Waals surface area contributed by atoms with Crippen LogP contribution >= 0.6 is 11.3 Å². The Labute approximate surface area is 124 Å². The molecule has 2 N–H and O–H groups in total. The Morgan fingerprint density at radius 2 is 1.86 bits per heavy atom. The Balaban J connectivity index is 1.77. The van der Waals surface area contributed by atoms with Crippen LogP contribution < -0.4 is 5.32 Å². The molecule has 3 rings (SSSR count). The molecular formula is C15H11N3O2S. The lowest BCUT2D eigenvalue weighted by molar-refractivity contribution is 0.102. The van der Waals surface area contributed by atoms with Gasteiger partial charge < -0.3 is 5.11 Å². The summed E-state index contributed by atoms with van der Waals surface area (Å²) < 4.78 is 0. The van der Waals surface area contributed by atoms with E-state index in [1.807, 2.05) is 30.3 Å². The molecule has 0 atom stereocenters. The Bertz CT molecular complexity index is 771. The van der Waals surface area contributed by atoms with Crippen molar-refractivity contribution in [3.63, 3.8) is 0 Å². The molecule has 0 fully saturated rings. The molecule has 0 saturated carbocycles. The third kappa shape index (κ3) is 3.06. The Morgan fingerprint density at radius 3 is 2.62 bits per heavy atom. The van der Waals surface area contributed by atoms with Crippen molar-refractivity contribution in [2.75, 3.05) is 5.32 Å². The fraction of sp³-hybridized carbons (Fsp3) is 0. The van der Waals surface area contributed by atoms with Crippen LogP contribution in [0.4, 0.5) is 5.13 Å². The van der Waals surface area contributed by atoms with E-state index in [2.05, 4.69) is 15.5 Å². The van der Waals surface area contributed by atoms with Crippen molar-refractivity contribution >= 4 is 22.4 Å². The Morgan fingerprint density at radius 1 is 1.05 bits per heavy atom. The Hall–Kier alpha value is -2.73. The molecule has 6 heteroatoms. The topological polar surface area (TPSA) is 75.1 Å². The molecule has 3 aromatic rings. The molecule has 2 aromatic carbocycles. The van der Waals surface area contributed by atoms with Gasteiger partial charge in [0, 0.05) is 11.1 Å². The van der Waals surface area contributed by atoms with Gasteiger partial charge in [-0.25, -0.2) is 0 Å². The summed E-state index contributed by atoms with van der Waals surface area (Å²) >= 11 is 1.30. The first-order valence-corrected chi connectivity index (χ1v) is 7.03. The zero-order chi connectivity index (χ0) is 14.7. The molecule has 5 nitrogen and oxygen atoms in total. The summed E-state index contributed by atoms with van der Waals surface area (Å²) in [6.45, 7) is 0. The van der Waals surface area contributed by atoms with E-state index < -0.39 is 0 Å². The number of phenolic OH excluding ortho intramolecular Hbond substituents is 1. The second-order valence-electron chi connectivity index (χ2n) is 4.28. The van der Waals surface area contributed by atoms with Crippen LogP contribution in [0, 0.1) is 0 Å². The van der Waals surface area contributed by atoms with Crippen LogP contribution in [0.5, 0.6) is 5.75 Å². The molecule has 0 aliphatic carbocycles. The number of amides is 1. The fourth-order valence-electron chi connectivity index (χ4n) is 1.79. The van der Waals surface area contributed by atoms with Crippen LogP contribution in [0.25, 0.3) is 10.6 Å². The standard InChI is InChI=1S/C15H11N3O2S/c19-12-8-4-7-11(9-12)13(20)16-15-18-17-14(21-15)10-5-2-1-3-6-10/h1-9,19H,(H,16,18,20). The first kappa shape index (κ1) is 13.3. The molecule has 0 unspecified atom stereocenters. The van der Waals surface area contributed by atoms with Crippen molar-refractivity contribution in [2.45, 2.75) is 0 Å². The normalized spacial score (nSPS) is 10.3. The summed E-state index contributed by atoms with van der Waals surface area (Å²) in [7, 11) is 0. The highest BCUT2D eigenvalue weighted by atomic mass is 32.1. The zero-order valence-corrected chi connectivity index (χ0v) is 11.7. The van der Waals surface area contributed by atoms with Gasteiger partial charge in [0.05, 0.1) is 0 Å². The van der Waals surface area contributed by atoms with Crippen molar-refractivity contribution in [2.24, 2.45) is 0 Å². The summed E-state index contributed by atoms with van der Waals surface area (Å²) in [5.74, 6) is -0.286. The average Bonchev–Trinajstić information content (AvgIpc) is 2.97. The number of phenols is 1. The second-order valence-corrected chi connectivity index (χ2v) is 5.26. The van der Waals surface area contributed by atoms with Gasteiger partial charge in [0.2, 0.25) is 5.13 Å². The number of carbonyl (C=O) groups excluding carboxylic acids is 1. The van der Waals surface area contributed by atoms with Crippen molar-refractivity contribution in [1.29, 1.82) is 0 Å². The van der Waals surface area contributed by atoms with E-state index in [1.54, 1.807) is 12.1 Å². The fourth-order valence-corrected chi connectivity index (χ4v) is 2.53. The van der Waals surface area contributed by atoms with Crippen LogP contribution in [0.1, 0.15) is 10.4 Å². The van der Waals surface area contributed by atoms with Crippen LogP contribution in [0.3, 0.4) is 0 Å². The van der Waals surface area contributed by atoms with E-state index in [0.717, 1.165) is 10.6 Å². The maximum atomic E-state index is 12.0. The van der Waals surface area contributed by atoms with Crippen LogP contribution in [-0.4, -0.2) is 21.2 Å². The summed E-state index contributed by atoms with van der Waals surface area (Å²) in [6.07, 6.45) is 0. The third-order valence-electron chi connectivity index (χ3n) is 2.77. The molecule has 1 aromatic heterocycles. The van der Waals surface area contributed by atoms with E-state index in [0.29, 0.717) is 10.7 Å². The van der Waals surface area contributed by atoms with Gasteiger partial charge in [0.25, 0.3) is 5.91 Å². The van der Waals surface area contributed by atoms with E-state index in [9.17, 15) is 9.90 Å². The lowest BCUT2D eigenvalue weighted by Crippen LogP contribution is -2.11. The number of hydrogen-bond acceptors (Lipinski definition) is 5. The van der Waals surface area contributed by atoms with Gasteiger partial charge in [0.15, 0.2) is 0 Å². The minimum Gasteiger partial charge on any atom is -0.508 e. The van der Waals surface area contributed by atoms with Gasteiger partial charge in [-0.2, -0.15) is 0 Å². The number of hydrogen-bond donors (Lipinski definition) is 2. The number of anilines is 1. The molecular weight excluding hydrogens is 286 g/mol. The third-order valence-corrected chi connectivity index (χ3v) is 3.66. The molecule has 0 bridgehead atoms. The molecule has 0 spiro atoms. The summed E-state index contributed by atoms with van der Waals surface area (Å²) in [5.41, 5.74) is 1.32. The zero-order valence-electron chi connectivity index (χ0n) is 10.9. The van der Waals surface area contributed by atoms with E-state index >= 15 is 0 Å². The largest absolute Gasteiger partial charge is 0.508 e. The van der Waals surface area contributed by atoms with Crippen molar-refractivity contribution in [3.8, 4) is 16.3 Å². The molecule has 21 heavy (non-hydrogen) atoms. The highest BCUT2D eigenvalue weighted by Gasteiger charge is 2.11. The number of nitrogens with one attached hydrogen (secondary N) is 1. The quantitative estimate of drug-likeness (QED) is 0.778. The van der Waals surface area contributed by atoms with Gasteiger partial charge in [0.1, 0.15) is 10.8 Å². The maximum Gasteiger partial charge on any atom is 0.257 e. The van der Waals surface area contributed by atoms with E-state index in [1.165, 1.54) is 23.5 Å². The summed E-state index contributed by atoms with van der Waals surface area (Å²) in [6, 6.07) is 15.8. The molecule has 0 radical (unpaired) electrons. The number of nitrogens with zero attached hydrogens (tertiary/aromatic N) is 2. The van der Waals surface area contributed by atoms with E-state index in [4.69, 9.17) is 0 Å². The number of aromatic nitrogens is 2. The lowest BCUT2D eigenvalue weighted by Gasteiger charge is -2.01. The summed E-state index contributed by atoms with van der Waals surface area (Å²) in [5, 5.41) is 21.2. The molecule has 0 aliphatic heterocycles. The van der Waals surface area contributed by atoms with Crippen LogP contribution in [0.15, 0.2) is 54.6 Å². The van der Waals surface area contributed by atoms with Crippen LogP contribution in [-0.2, 0) is 0 Å². The highest BCUT2D eigenvalue weighted by molar-refractivity contribution is 7.18. The lowest BCUT2D eigenvalue weighted by atomic mass is 10.2. The smallest absolute Gasteiger partial charge is 0.257 e. The number of rotatable bonds is 3.